The van der Waals surface area contributed by atoms with Crippen molar-refractivity contribution in [3.05, 3.63) is 51.8 Å². The highest BCUT2D eigenvalue weighted by molar-refractivity contribution is 9.11. The molecule has 0 radical (unpaired) electrons. The van der Waals surface area contributed by atoms with Crippen LogP contribution in [0.2, 0.25) is 0 Å². The van der Waals surface area contributed by atoms with Crippen LogP contribution in [0.5, 0.6) is 0 Å². The first-order chi connectivity index (χ1) is 13.5. The summed E-state index contributed by atoms with van der Waals surface area (Å²) in [5.41, 5.74) is 1.16. The number of amides is 1. The largest absolute Gasteiger partial charge is 0.335 e. The Hall–Kier alpha value is -1.22. The lowest BCUT2D eigenvalue weighted by atomic mass is 9.96. The van der Waals surface area contributed by atoms with Gasteiger partial charge in [0.15, 0.2) is 0 Å². The summed E-state index contributed by atoms with van der Waals surface area (Å²) in [4.78, 5) is 15.3. The standard InChI is InChI=1S/C20H23BrN2O3S2/c21-18-10-11-19(27-18)28(25,26)22-12-4-8-16(14-22)20(24)23-13-5-9-17(23)15-6-2-1-3-7-15/h1-3,6-7,10-11,16-17H,4-5,8-9,12-14H2. The maximum Gasteiger partial charge on any atom is 0.252 e. The highest BCUT2D eigenvalue weighted by Gasteiger charge is 2.38. The molecular formula is C20H23BrN2O3S2. The van der Waals surface area contributed by atoms with Crippen molar-refractivity contribution in [1.82, 2.24) is 9.21 Å². The third kappa shape index (κ3) is 3.92. The second-order valence-corrected chi connectivity index (χ2v) is 12.0. The molecule has 2 aliphatic heterocycles. The Kier molecular flexibility index (Phi) is 5.92. The molecule has 150 valence electrons. The lowest BCUT2D eigenvalue weighted by Gasteiger charge is -2.35. The molecule has 1 aromatic carbocycles. The molecule has 2 saturated heterocycles. The first-order valence-corrected chi connectivity index (χ1v) is 12.6. The van der Waals surface area contributed by atoms with Gasteiger partial charge in [-0.2, -0.15) is 4.31 Å². The average Bonchev–Trinajstić information content (AvgIpc) is 3.38. The lowest BCUT2D eigenvalue weighted by Crippen LogP contribution is -2.46. The zero-order chi connectivity index (χ0) is 19.7. The molecule has 0 spiro atoms. The minimum Gasteiger partial charge on any atom is -0.335 e. The van der Waals surface area contributed by atoms with Crippen LogP contribution in [-0.4, -0.2) is 43.2 Å². The van der Waals surface area contributed by atoms with E-state index in [9.17, 15) is 13.2 Å². The SMILES string of the molecule is O=C(C1CCCN(S(=O)(=O)c2ccc(Br)s2)C1)N1CCCC1c1ccccc1. The first-order valence-electron chi connectivity index (χ1n) is 9.58. The van der Waals surface area contributed by atoms with E-state index in [1.807, 2.05) is 23.1 Å². The van der Waals surface area contributed by atoms with Gasteiger partial charge in [0.05, 0.1) is 15.7 Å². The molecule has 2 atom stereocenters. The third-order valence-electron chi connectivity index (χ3n) is 5.60. The number of piperidine rings is 1. The van der Waals surface area contributed by atoms with Crippen LogP contribution in [0, 0.1) is 5.92 Å². The van der Waals surface area contributed by atoms with Gasteiger partial charge < -0.3 is 4.90 Å². The number of hydrogen-bond acceptors (Lipinski definition) is 4. The Labute approximate surface area is 178 Å². The van der Waals surface area contributed by atoms with Crippen molar-refractivity contribution in [2.75, 3.05) is 19.6 Å². The van der Waals surface area contributed by atoms with E-state index in [1.165, 1.54) is 15.6 Å². The van der Waals surface area contributed by atoms with E-state index in [0.29, 0.717) is 17.2 Å². The smallest absolute Gasteiger partial charge is 0.252 e. The Morgan fingerprint density at radius 2 is 1.79 bits per heavy atom. The fourth-order valence-corrected chi connectivity index (χ4v) is 7.90. The second-order valence-electron chi connectivity index (χ2n) is 7.36. The van der Waals surface area contributed by atoms with Crippen molar-refractivity contribution < 1.29 is 13.2 Å². The van der Waals surface area contributed by atoms with Crippen LogP contribution >= 0.6 is 27.3 Å². The van der Waals surface area contributed by atoms with Gasteiger partial charge in [-0.1, -0.05) is 30.3 Å². The van der Waals surface area contributed by atoms with Crippen LogP contribution in [0.3, 0.4) is 0 Å². The molecule has 0 N–H and O–H groups in total. The Bertz CT molecular complexity index is 945. The second kappa shape index (κ2) is 8.26. The lowest BCUT2D eigenvalue weighted by molar-refractivity contribution is -0.137. The zero-order valence-electron chi connectivity index (χ0n) is 15.5. The molecule has 8 heteroatoms. The van der Waals surface area contributed by atoms with E-state index >= 15 is 0 Å². The number of carbonyl (C=O) groups is 1. The number of hydrogen-bond donors (Lipinski definition) is 0. The fourth-order valence-electron chi connectivity index (χ4n) is 4.21. The molecular weight excluding hydrogens is 460 g/mol. The molecule has 4 rings (SSSR count). The van der Waals surface area contributed by atoms with Gasteiger partial charge in [0.25, 0.3) is 10.0 Å². The molecule has 2 fully saturated rings. The van der Waals surface area contributed by atoms with Gasteiger partial charge in [0.1, 0.15) is 4.21 Å². The summed E-state index contributed by atoms with van der Waals surface area (Å²) in [6, 6.07) is 13.6. The molecule has 1 aromatic heterocycles. The van der Waals surface area contributed by atoms with Crippen LogP contribution in [0.1, 0.15) is 37.3 Å². The van der Waals surface area contributed by atoms with E-state index in [-0.39, 0.29) is 24.4 Å². The Morgan fingerprint density at radius 1 is 1.04 bits per heavy atom. The summed E-state index contributed by atoms with van der Waals surface area (Å²) < 4.78 is 28.5. The highest BCUT2D eigenvalue weighted by Crippen LogP contribution is 2.35. The number of sulfonamides is 1. The van der Waals surface area contributed by atoms with Crippen molar-refractivity contribution >= 4 is 43.2 Å². The van der Waals surface area contributed by atoms with E-state index in [1.54, 1.807) is 12.1 Å². The Balaban J connectivity index is 1.50. The molecule has 2 aromatic rings. The summed E-state index contributed by atoms with van der Waals surface area (Å²) in [5.74, 6) is -0.171. The maximum atomic E-state index is 13.3. The highest BCUT2D eigenvalue weighted by atomic mass is 79.9. The van der Waals surface area contributed by atoms with E-state index in [2.05, 4.69) is 28.1 Å². The zero-order valence-corrected chi connectivity index (χ0v) is 18.7. The quantitative estimate of drug-likeness (QED) is 0.653. The van der Waals surface area contributed by atoms with Crippen LogP contribution in [0.4, 0.5) is 0 Å². The van der Waals surface area contributed by atoms with E-state index in [4.69, 9.17) is 0 Å². The Morgan fingerprint density at radius 3 is 2.50 bits per heavy atom. The van der Waals surface area contributed by atoms with Gasteiger partial charge in [0.2, 0.25) is 5.91 Å². The first kappa shape index (κ1) is 20.1. The number of benzene rings is 1. The van der Waals surface area contributed by atoms with Crippen LogP contribution in [0.25, 0.3) is 0 Å². The number of halogens is 1. The third-order valence-corrected chi connectivity index (χ3v) is 9.55. The van der Waals surface area contributed by atoms with Crippen molar-refractivity contribution in [3.63, 3.8) is 0 Å². The number of nitrogens with zero attached hydrogens (tertiary/aromatic N) is 2. The molecule has 1 amide bonds. The van der Waals surface area contributed by atoms with E-state index in [0.717, 1.165) is 35.2 Å². The molecule has 0 saturated carbocycles. The summed E-state index contributed by atoms with van der Waals surface area (Å²) >= 11 is 4.54. The van der Waals surface area contributed by atoms with Crippen molar-refractivity contribution in [2.45, 2.75) is 35.9 Å². The summed E-state index contributed by atoms with van der Waals surface area (Å²) in [6.45, 7) is 1.50. The summed E-state index contributed by atoms with van der Waals surface area (Å²) in [7, 11) is -3.55. The fraction of sp³-hybridized carbons (Fsp3) is 0.450. The van der Waals surface area contributed by atoms with Crippen LogP contribution in [0.15, 0.2) is 50.5 Å². The summed E-state index contributed by atoms with van der Waals surface area (Å²) in [6.07, 6.45) is 3.42. The normalized spacial score (nSPS) is 23.8. The predicted octanol–water partition coefficient (Wildman–Crippen LogP) is 4.28. The minimum absolute atomic E-state index is 0.0959. The molecule has 28 heavy (non-hydrogen) atoms. The van der Waals surface area contributed by atoms with Crippen LogP contribution in [-0.2, 0) is 14.8 Å². The van der Waals surface area contributed by atoms with Gasteiger partial charge in [0, 0.05) is 19.6 Å². The number of rotatable bonds is 4. The van der Waals surface area contributed by atoms with Gasteiger partial charge in [-0.15, -0.1) is 11.3 Å². The molecule has 5 nitrogen and oxygen atoms in total. The summed E-state index contributed by atoms with van der Waals surface area (Å²) in [5, 5.41) is 0. The number of likely N-dealkylation sites (tertiary alicyclic amines) is 1. The maximum absolute atomic E-state index is 13.3. The number of carbonyl (C=O) groups excluding carboxylic acids is 1. The topological polar surface area (TPSA) is 57.7 Å². The van der Waals surface area contributed by atoms with Crippen molar-refractivity contribution in [3.8, 4) is 0 Å². The van der Waals surface area contributed by atoms with Crippen LogP contribution < -0.4 is 0 Å². The van der Waals surface area contributed by atoms with Gasteiger partial charge in [-0.25, -0.2) is 8.42 Å². The van der Waals surface area contributed by atoms with Gasteiger partial charge in [-0.3, -0.25) is 4.79 Å². The minimum atomic E-state index is -3.55. The van der Waals surface area contributed by atoms with Crippen molar-refractivity contribution in [1.29, 1.82) is 0 Å². The van der Waals surface area contributed by atoms with Gasteiger partial charge in [-0.05, 0) is 59.3 Å². The predicted molar refractivity (Wildman–Crippen MR) is 114 cm³/mol. The average molecular weight is 483 g/mol. The monoisotopic (exact) mass is 482 g/mol. The molecule has 2 unspecified atom stereocenters. The van der Waals surface area contributed by atoms with Crippen molar-refractivity contribution in [2.24, 2.45) is 5.92 Å². The molecule has 2 aliphatic rings. The molecule has 0 bridgehead atoms. The number of thiophene rings is 1. The van der Waals surface area contributed by atoms with Gasteiger partial charge >= 0.3 is 0 Å². The molecule has 3 heterocycles. The van der Waals surface area contributed by atoms with E-state index < -0.39 is 10.0 Å². The molecule has 0 aliphatic carbocycles.